The van der Waals surface area contributed by atoms with Crippen molar-refractivity contribution in [2.24, 2.45) is 10.9 Å². The molecule has 6 heteroatoms. The quantitative estimate of drug-likeness (QED) is 0.377. The molecule has 0 spiro atoms. The highest BCUT2D eigenvalue weighted by Gasteiger charge is 2.10. The fraction of sp³-hybridized carbons (Fsp3) is 0.400. The molecule has 0 aliphatic heterocycles. The predicted molar refractivity (Wildman–Crippen MR) is 133 cm³/mol. The highest BCUT2D eigenvalue weighted by molar-refractivity contribution is 8.14. The summed E-state index contributed by atoms with van der Waals surface area (Å²) in [6, 6.07) is 10.1. The summed E-state index contributed by atoms with van der Waals surface area (Å²) in [5.74, 6) is 0.497. The third kappa shape index (κ3) is 9.47. The molecule has 0 aliphatic rings. The number of hydrogen-bond acceptors (Lipinski definition) is 4. The third-order valence-corrected chi connectivity index (χ3v) is 5.53. The van der Waals surface area contributed by atoms with Gasteiger partial charge in [0.05, 0.1) is 16.5 Å². The second-order valence-electron chi connectivity index (χ2n) is 6.95. The van der Waals surface area contributed by atoms with Crippen LogP contribution in [0, 0.1) is 11.7 Å². The van der Waals surface area contributed by atoms with E-state index in [2.05, 4.69) is 24.1 Å². The summed E-state index contributed by atoms with van der Waals surface area (Å²) in [5.41, 5.74) is 3.52. The Morgan fingerprint density at radius 2 is 1.71 bits per heavy atom. The molecule has 2 rings (SSSR count). The molecular weight excluding hydrogens is 409 g/mol. The van der Waals surface area contributed by atoms with Gasteiger partial charge in [0.1, 0.15) is 5.82 Å². The standard InChI is InChI=1S/C23H28FN3OS.C2H6/c1-5-16(2)14-26-22(28)15-29-18(4)27-23(20-6-8-21(24)9-7-20)17(3)19-10-12-25-13-11-19;1-2/h6-13,16H,5,14-15H2,1-4H3,(H,26,28);1-2H3/b23-17+,27-18?;. The van der Waals surface area contributed by atoms with Crippen LogP contribution in [0.25, 0.3) is 11.3 Å². The number of benzene rings is 1. The Hall–Kier alpha value is -2.47. The van der Waals surface area contributed by atoms with E-state index < -0.39 is 0 Å². The van der Waals surface area contributed by atoms with Gasteiger partial charge < -0.3 is 5.32 Å². The molecule has 1 aromatic carbocycles. The van der Waals surface area contributed by atoms with E-state index in [1.54, 1.807) is 24.5 Å². The molecule has 0 saturated carbocycles. The van der Waals surface area contributed by atoms with E-state index in [1.807, 2.05) is 39.8 Å². The van der Waals surface area contributed by atoms with Crippen LogP contribution in [0.5, 0.6) is 0 Å². The SMILES string of the molecule is CC.CCC(C)CNC(=O)CSC(C)=N/C(=C(\C)c1ccncc1)c1ccc(F)cc1. The van der Waals surface area contributed by atoms with Gasteiger partial charge in [0.25, 0.3) is 0 Å². The highest BCUT2D eigenvalue weighted by Crippen LogP contribution is 2.28. The molecule has 31 heavy (non-hydrogen) atoms. The van der Waals surface area contributed by atoms with Crippen LogP contribution in [0.2, 0.25) is 0 Å². The minimum Gasteiger partial charge on any atom is -0.355 e. The number of thioether (sulfide) groups is 1. The maximum atomic E-state index is 13.4. The fourth-order valence-corrected chi connectivity index (χ4v) is 3.15. The fourth-order valence-electron chi connectivity index (χ4n) is 2.55. The zero-order valence-corrected chi connectivity index (χ0v) is 20.2. The number of carbonyl (C=O) groups is 1. The van der Waals surface area contributed by atoms with Gasteiger partial charge in [0.15, 0.2) is 0 Å². The Bertz CT molecular complexity index is 864. The number of aromatic nitrogens is 1. The van der Waals surface area contributed by atoms with Crippen LogP contribution < -0.4 is 5.32 Å². The number of amides is 1. The lowest BCUT2D eigenvalue weighted by Gasteiger charge is -2.12. The molecule has 1 aromatic heterocycles. The first kappa shape index (κ1) is 26.6. The minimum absolute atomic E-state index is 0.00279. The van der Waals surface area contributed by atoms with Crippen molar-refractivity contribution in [1.82, 2.24) is 10.3 Å². The largest absolute Gasteiger partial charge is 0.355 e. The average Bonchev–Trinajstić information content (AvgIpc) is 2.81. The monoisotopic (exact) mass is 443 g/mol. The lowest BCUT2D eigenvalue weighted by Crippen LogP contribution is -2.29. The number of rotatable bonds is 8. The van der Waals surface area contributed by atoms with Crippen LogP contribution in [0.3, 0.4) is 0 Å². The number of carbonyl (C=O) groups excluding carboxylic acids is 1. The van der Waals surface area contributed by atoms with Gasteiger partial charge in [-0.3, -0.25) is 9.78 Å². The maximum Gasteiger partial charge on any atom is 0.230 e. The average molecular weight is 444 g/mol. The molecule has 1 heterocycles. The van der Waals surface area contributed by atoms with Gasteiger partial charge in [-0.05, 0) is 67.3 Å². The maximum absolute atomic E-state index is 13.4. The smallest absolute Gasteiger partial charge is 0.230 e. The van der Waals surface area contributed by atoms with Crippen LogP contribution in [-0.4, -0.2) is 28.2 Å². The van der Waals surface area contributed by atoms with Crippen molar-refractivity contribution in [3.05, 3.63) is 65.7 Å². The van der Waals surface area contributed by atoms with Gasteiger partial charge in [-0.25, -0.2) is 9.38 Å². The molecule has 1 N–H and O–H groups in total. The molecule has 0 bridgehead atoms. The van der Waals surface area contributed by atoms with Crippen molar-refractivity contribution in [2.45, 2.75) is 48.0 Å². The van der Waals surface area contributed by atoms with Gasteiger partial charge in [-0.1, -0.05) is 34.1 Å². The number of hydrogen-bond donors (Lipinski definition) is 1. The van der Waals surface area contributed by atoms with E-state index in [0.717, 1.165) is 33.9 Å². The zero-order chi connectivity index (χ0) is 23.2. The third-order valence-electron chi connectivity index (χ3n) is 4.61. The van der Waals surface area contributed by atoms with Gasteiger partial charge in [0.2, 0.25) is 5.91 Å². The van der Waals surface area contributed by atoms with E-state index in [-0.39, 0.29) is 11.7 Å². The number of halogens is 1. The summed E-state index contributed by atoms with van der Waals surface area (Å²) < 4.78 is 13.4. The molecule has 4 nitrogen and oxygen atoms in total. The lowest BCUT2D eigenvalue weighted by molar-refractivity contribution is -0.118. The number of allylic oxidation sites excluding steroid dienone is 1. The second-order valence-corrected chi connectivity index (χ2v) is 8.12. The zero-order valence-electron chi connectivity index (χ0n) is 19.4. The van der Waals surface area contributed by atoms with E-state index in [0.29, 0.717) is 18.2 Å². The van der Waals surface area contributed by atoms with Crippen LogP contribution >= 0.6 is 11.8 Å². The van der Waals surface area contributed by atoms with Gasteiger partial charge in [-0.2, -0.15) is 0 Å². The van der Waals surface area contributed by atoms with Gasteiger partial charge in [-0.15, -0.1) is 11.8 Å². The number of nitrogens with one attached hydrogen (secondary N) is 1. The van der Waals surface area contributed by atoms with Crippen LogP contribution in [0.1, 0.15) is 59.1 Å². The van der Waals surface area contributed by atoms with Crippen molar-refractivity contribution < 1.29 is 9.18 Å². The van der Waals surface area contributed by atoms with Gasteiger partial charge in [0, 0.05) is 24.5 Å². The van der Waals surface area contributed by atoms with Gasteiger partial charge >= 0.3 is 0 Å². The molecular formula is C25H34FN3OS. The van der Waals surface area contributed by atoms with Crippen LogP contribution in [-0.2, 0) is 4.79 Å². The Balaban J connectivity index is 0.00000233. The lowest BCUT2D eigenvalue weighted by atomic mass is 10.0. The van der Waals surface area contributed by atoms with Crippen LogP contribution in [0.4, 0.5) is 4.39 Å². The topological polar surface area (TPSA) is 54.4 Å². The van der Waals surface area contributed by atoms with Crippen molar-refractivity contribution in [1.29, 1.82) is 0 Å². The first-order chi connectivity index (χ1) is 14.9. The molecule has 168 valence electrons. The Morgan fingerprint density at radius 1 is 1.10 bits per heavy atom. The first-order valence-corrected chi connectivity index (χ1v) is 11.7. The normalized spacial score (nSPS) is 12.9. The van der Waals surface area contributed by atoms with E-state index in [1.165, 1.54) is 23.9 Å². The Morgan fingerprint density at radius 3 is 2.29 bits per heavy atom. The molecule has 0 fully saturated rings. The summed E-state index contributed by atoms with van der Waals surface area (Å²) in [6.07, 6.45) is 4.50. The van der Waals surface area contributed by atoms with Crippen molar-refractivity contribution in [2.75, 3.05) is 12.3 Å². The predicted octanol–water partition coefficient (Wildman–Crippen LogP) is 6.45. The summed E-state index contributed by atoms with van der Waals surface area (Å²) in [4.78, 5) is 20.9. The van der Waals surface area contributed by atoms with E-state index in [9.17, 15) is 9.18 Å². The Labute approximate surface area is 190 Å². The molecule has 1 atom stereocenters. The van der Waals surface area contributed by atoms with E-state index >= 15 is 0 Å². The Kier molecular flexibility index (Phi) is 12.4. The van der Waals surface area contributed by atoms with E-state index in [4.69, 9.17) is 4.99 Å². The summed E-state index contributed by atoms with van der Waals surface area (Å²) in [5, 5.41) is 3.73. The number of aliphatic imine (C=N–C) groups is 1. The second kappa shape index (κ2) is 14.5. The molecule has 2 aromatic rings. The summed E-state index contributed by atoms with van der Waals surface area (Å²) in [6.45, 7) is 12.8. The summed E-state index contributed by atoms with van der Waals surface area (Å²) >= 11 is 1.40. The first-order valence-electron chi connectivity index (χ1n) is 10.7. The van der Waals surface area contributed by atoms with Crippen molar-refractivity contribution >= 4 is 34.0 Å². The highest BCUT2D eigenvalue weighted by atomic mass is 32.2. The summed E-state index contributed by atoms with van der Waals surface area (Å²) in [7, 11) is 0. The molecule has 0 radical (unpaired) electrons. The number of nitrogens with zero attached hydrogens (tertiary/aromatic N) is 2. The molecule has 1 unspecified atom stereocenters. The minimum atomic E-state index is -0.289. The molecule has 0 saturated heterocycles. The number of pyridine rings is 1. The molecule has 0 aliphatic carbocycles. The van der Waals surface area contributed by atoms with Crippen molar-refractivity contribution in [3.8, 4) is 0 Å². The molecule has 1 amide bonds. The van der Waals surface area contributed by atoms with Crippen molar-refractivity contribution in [3.63, 3.8) is 0 Å². The van der Waals surface area contributed by atoms with Crippen LogP contribution in [0.15, 0.2) is 53.8 Å².